The highest BCUT2D eigenvalue weighted by Crippen LogP contribution is 2.26. The van der Waals surface area contributed by atoms with Gasteiger partial charge in [0.1, 0.15) is 0 Å². The molecule has 118 valence electrons. The Bertz CT molecular complexity index is 841. The highest BCUT2D eigenvalue weighted by molar-refractivity contribution is 8.15. The molecule has 0 saturated carbocycles. The fourth-order valence-corrected chi connectivity index (χ4v) is 4.08. The molecule has 1 amide bonds. The van der Waals surface area contributed by atoms with Crippen LogP contribution in [-0.2, 0) is 9.59 Å². The zero-order valence-corrected chi connectivity index (χ0v) is 13.7. The molecule has 0 unspecified atom stereocenters. The van der Waals surface area contributed by atoms with Crippen molar-refractivity contribution in [3.8, 4) is 0 Å². The van der Waals surface area contributed by atoms with Crippen molar-refractivity contribution in [1.29, 1.82) is 0 Å². The number of carbonyl (C=O) groups excluding carboxylic acids is 2. The van der Waals surface area contributed by atoms with Gasteiger partial charge in [-0.05, 0) is 13.0 Å². The summed E-state index contributed by atoms with van der Waals surface area (Å²) in [4.78, 5) is 22.2. The van der Waals surface area contributed by atoms with Gasteiger partial charge in [-0.1, -0.05) is 30.0 Å². The lowest BCUT2D eigenvalue weighted by molar-refractivity contribution is -0.305. The van der Waals surface area contributed by atoms with Gasteiger partial charge < -0.3 is 15.2 Å². The topological polar surface area (TPSA) is 94.0 Å². The van der Waals surface area contributed by atoms with Crippen molar-refractivity contribution in [2.75, 3.05) is 0 Å². The van der Waals surface area contributed by atoms with E-state index in [0.29, 0.717) is 5.17 Å². The van der Waals surface area contributed by atoms with Crippen LogP contribution in [-0.4, -0.2) is 28.0 Å². The van der Waals surface area contributed by atoms with E-state index in [1.54, 1.807) is 11.3 Å². The van der Waals surface area contributed by atoms with E-state index in [1.807, 2.05) is 36.6 Å². The first kappa shape index (κ1) is 15.7. The predicted octanol–water partition coefficient (Wildman–Crippen LogP) is 1.35. The van der Waals surface area contributed by atoms with Gasteiger partial charge in [-0.25, -0.2) is 0 Å². The fourth-order valence-electron chi connectivity index (χ4n) is 2.17. The number of fused-ring (bicyclic) bond motifs is 1. The first-order valence-corrected chi connectivity index (χ1v) is 8.57. The molecule has 0 bridgehead atoms. The zero-order valence-electron chi connectivity index (χ0n) is 12.1. The summed E-state index contributed by atoms with van der Waals surface area (Å²) < 4.78 is 1.17. The first-order chi connectivity index (χ1) is 11.0. The van der Waals surface area contributed by atoms with Crippen LogP contribution in [0.2, 0.25) is 0 Å². The molecule has 8 heteroatoms. The number of nitrogens with zero attached hydrogens (tertiary/aromatic N) is 2. The lowest BCUT2D eigenvalue weighted by Gasteiger charge is -2.04. The van der Waals surface area contributed by atoms with Crippen molar-refractivity contribution < 1.29 is 14.7 Å². The number of thiophene rings is 1. The number of rotatable bonds is 4. The summed E-state index contributed by atoms with van der Waals surface area (Å²) in [5.41, 5.74) is 1.73. The molecule has 2 heterocycles. The quantitative estimate of drug-likeness (QED) is 0.668. The van der Waals surface area contributed by atoms with E-state index in [-0.39, 0.29) is 12.3 Å². The Labute approximate surface area is 140 Å². The zero-order chi connectivity index (χ0) is 16.4. The van der Waals surface area contributed by atoms with Gasteiger partial charge in [-0.2, -0.15) is 5.10 Å². The molecule has 23 heavy (non-hydrogen) atoms. The number of benzene rings is 1. The molecule has 0 aliphatic carbocycles. The Hall–Kier alpha value is -2.19. The maximum atomic E-state index is 11.6. The van der Waals surface area contributed by atoms with Gasteiger partial charge in [0.25, 0.3) is 0 Å². The Morgan fingerprint density at radius 2 is 2.17 bits per heavy atom. The van der Waals surface area contributed by atoms with Crippen molar-refractivity contribution in [1.82, 2.24) is 5.32 Å². The van der Waals surface area contributed by atoms with Crippen molar-refractivity contribution in [3.63, 3.8) is 0 Å². The third-order valence-electron chi connectivity index (χ3n) is 3.29. The number of hydrogen-bond acceptors (Lipinski definition) is 7. The molecule has 6 nitrogen and oxygen atoms in total. The van der Waals surface area contributed by atoms with Gasteiger partial charge in [0, 0.05) is 33.4 Å². The van der Waals surface area contributed by atoms with Crippen LogP contribution in [0.25, 0.3) is 10.1 Å². The Morgan fingerprint density at radius 1 is 1.39 bits per heavy atom. The number of amides is 1. The second kappa shape index (κ2) is 6.51. The van der Waals surface area contributed by atoms with Gasteiger partial charge >= 0.3 is 0 Å². The average molecular weight is 346 g/mol. The number of aliphatic carboxylic acids is 1. The Morgan fingerprint density at radius 3 is 2.96 bits per heavy atom. The molecule has 1 aliphatic rings. The van der Waals surface area contributed by atoms with E-state index in [4.69, 9.17) is 0 Å². The van der Waals surface area contributed by atoms with Gasteiger partial charge in [0.15, 0.2) is 5.17 Å². The highest BCUT2D eigenvalue weighted by atomic mass is 32.2. The number of thioether (sulfide) groups is 1. The molecule has 3 rings (SSSR count). The molecule has 2 aromatic rings. The smallest absolute Gasteiger partial charge is 0.239 e. The van der Waals surface area contributed by atoms with Crippen LogP contribution in [0, 0.1) is 0 Å². The number of nitrogens with one attached hydrogen (secondary N) is 1. The molecule has 1 aliphatic heterocycles. The number of hydrogen-bond donors (Lipinski definition) is 1. The lowest BCUT2D eigenvalue weighted by atomic mass is 10.1. The van der Waals surface area contributed by atoms with E-state index in [9.17, 15) is 14.7 Å². The Balaban J connectivity index is 1.79. The average Bonchev–Trinajstić information content (AvgIpc) is 3.08. The van der Waals surface area contributed by atoms with Crippen LogP contribution >= 0.6 is 23.1 Å². The highest BCUT2D eigenvalue weighted by Gasteiger charge is 2.30. The normalized spacial score (nSPS) is 20.2. The summed E-state index contributed by atoms with van der Waals surface area (Å²) in [5.74, 6) is -1.64. The molecule has 1 aromatic carbocycles. The van der Waals surface area contributed by atoms with Crippen LogP contribution in [0.15, 0.2) is 39.8 Å². The van der Waals surface area contributed by atoms with E-state index >= 15 is 0 Å². The van der Waals surface area contributed by atoms with Crippen molar-refractivity contribution in [2.45, 2.75) is 18.6 Å². The second-order valence-corrected chi connectivity index (χ2v) is 7.01. The van der Waals surface area contributed by atoms with Crippen LogP contribution in [0.3, 0.4) is 0 Å². The number of carbonyl (C=O) groups is 2. The first-order valence-electron chi connectivity index (χ1n) is 6.81. The van der Waals surface area contributed by atoms with E-state index in [1.165, 1.54) is 4.70 Å². The minimum atomic E-state index is -1.26. The third kappa shape index (κ3) is 3.43. The van der Waals surface area contributed by atoms with Crippen molar-refractivity contribution in [2.24, 2.45) is 10.2 Å². The SMILES string of the molecule is C/C(=N/N=C1/NC(=O)[C@@H](CC(=O)[O-])S1)c1csc2ccccc12. The van der Waals surface area contributed by atoms with Crippen molar-refractivity contribution in [3.05, 3.63) is 35.2 Å². The van der Waals surface area contributed by atoms with E-state index < -0.39 is 11.2 Å². The molecule has 1 atom stereocenters. The lowest BCUT2D eigenvalue weighted by Crippen LogP contribution is -2.31. The minimum absolute atomic E-state index is 0.306. The monoisotopic (exact) mass is 346 g/mol. The molecule has 1 aromatic heterocycles. The molecular formula is C15H12N3O3S2-. The van der Waals surface area contributed by atoms with Crippen LogP contribution < -0.4 is 10.4 Å². The maximum absolute atomic E-state index is 11.6. The summed E-state index contributed by atoms with van der Waals surface area (Å²) >= 11 is 2.69. The molecule has 1 saturated heterocycles. The number of carboxylic acids is 1. The van der Waals surface area contributed by atoms with Gasteiger partial charge in [0.05, 0.1) is 11.0 Å². The molecule has 1 N–H and O–H groups in total. The van der Waals surface area contributed by atoms with Crippen molar-refractivity contribution >= 4 is 55.9 Å². The van der Waals surface area contributed by atoms with Crippen LogP contribution in [0.1, 0.15) is 18.9 Å². The summed E-state index contributed by atoms with van der Waals surface area (Å²) in [6.45, 7) is 1.85. The standard InChI is InChI=1S/C15H13N3O3S2/c1-8(10-7-22-11-5-3-2-4-9(10)11)17-18-15-16-14(21)12(23-15)6-13(19)20/h2-5,7,12H,6H2,1H3,(H,19,20)(H,16,18,21)/p-1/b17-8-/t12-/m1/s1. The van der Waals surface area contributed by atoms with Gasteiger partial charge in [0.2, 0.25) is 5.91 Å². The number of amidine groups is 1. The maximum Gasteiger partial charge on any atom is 0.239 e. The fraction of sp³-hybridized carbons (Fsp3) is 0.200. The summed E-state index contributed by atoms with van der Waals surface area (Å²) in [6, 6.07) is 8.02. The van der Waals surface area contributed by atoms with Gasteiger partial charge in [-0.3, -0.25) is 4.79 Å². The minimum Gasteiger partial charge on any atom is -0.550 e. The predicted molar refractivity (Wildman–Crippen MR) is 90.6 cm³/mol. The molecule has 0 radical (unpaired) electrons. The van der Waals surface area contributed by atoms with Gasteiger partial charge in [-0.15, -0.1) is 16.4 Å². The second-order valence-electron chi connectivity index (χ2n) is 4.91. The number of carboxylic acid groups (broad SMARTS) is 1. The molecule has 1 fully saturated rings. The summed E-state index contributed by atoms with van der Waals surface area (Å²) in [6.07, 6.45) is -0.340. The summed E-state index contributed by atoms with van der Waals surface area (Å²) in [5, 5.41) is 24.0. The largest absolute Gasteiger partial charge is 0.550 e. The van der Waals surface area contributed by atoms with Crippen LogP contribution in [0.4, 0.5) is 0 Å². The molecule has 0 spiro atoms. The van der Waals surface area contributed by atoms with Crippen LogP contribution in [0.5, 0.6) is 0 Å². The Kier molecular flexibility index (Phi) is 4.44. The third-order valence-corrected chi connectivity index (χ3v) is 5.33. The van der Waals surface area contributed by atoms with E-state index in [0.717, 1.165) is 28.4 Å². The van der Waals surface area contributed by atoms with E-state index in [2.05, 4.69) is 15.5 Å². The molecular weight excluding hydrogens is 334 g/mol. The summed E-state index contributed by atoms with van der Waals surface area (Å²) in [7, 11) is 0.